The molecule has 59 heavy (non-hydrogen) atoms. The Hall–Kier alpha value is -5.52. The fraction of sp³-hybridized carbons (Fsp3) is 0.463. The molecule has 0 saturated carbocycles. The number of alkyl carbamates (subject to hydrolysis) is 2. The Morgan fingerprint density at radius 3 is 1.93 bits per heavy atom. The number of anilines is 1. The number of nitrogens with zero attached hydrogens (tertiary/aromatic N) is 1. The van der Waals surface area contributed by atoms with Crippen LogP contribution >= 0.6 is 0 Å². The summed E-state index contributed by atoms with van der Waals surface area (Å²) >= 11 is 0. The number of ether oxygens (including phenoxy) is 4. The van der Waals surface area contributed by atoms with Crippen molar-refractivity contribution in [3.8, 4) is 0 Å². The Bertz CT molecular complexity index is 1870. The highest BCUT2D eigenvalue weighted by molar-refractivity contribution is 5.98. The number of carbonyl (C=O) groups is 4. The summed E-state index contributed by atoms with van der Waals surface area (Å²) in [5, 5.41) is 6.89. The second-order valence-corrected chi connectivity index (χ2v) is 15.8. The third-order valence-corrected chi connectivity index (χ3v) is 8.67. The van der Waals surface area contributed by atoms with Crippen molar-refractivity contribution in [3.63, 3.8) is 0 Å². The van der Waals surface area contributed by atoms with Gasteiger partial charge < -0.3 is 34.9 Å². The zero-order valence-electron chi connectivity index (χ0n) is 33.4. The van der Waals surface area contributed by atoms with E-state index in [1.165, 1.54) is 71.6 Å². The van der Waals surface area contributed by atoms with Gasteiger partial charge in [-0.05, 0) is 102 Å². The number of amides is 4. The molecule has 0 spiro atoms. The van der Waals surface area contributed by atoms with Crippen molar-refractivity contribution in [1.82, 2.24) is 15.5 Å². The molecule has 12 nitrogen and oxygen atoms in total. The number of benzene rings is 3. The number of rotatable bonds is 12. The van der Waals surface area contributed by atoms with Crippen molar-refractivity contribution in [2.45, 2.75) is 95.9 Å². The van der Waals surface area contributed by atoms with Gasteiger partial charge in [0.2, 0.25) is 5.91 Å². The van der Waals surface area contributed by atoms with Crippen molar-refractivity contribution >= 4 is 29.9 Å². The Morgan fingerprint density at radius 2 is 1.39 bits per heavy atom. The molecule has 1 aliphatic rings. The van der Waals surface area contributed by atoms with E-state index in [2.05, 4.69) is 10.6 Å². The normalized spacial score (nSPS) is 16.5. The third kappa shape index (κ3) is 14.7. The van der Waals surface area contributed by atoms with Crippen LogP contribution in [0, 0.1) is 17.5 Å². The van der Waals surface area contributed by atoms with Gasteiger partial charge in [-0.1, -0.05) is 30.3 Å². The van der Waals surface area contributed by atoms with Crippen molar-refractivity contribution in [2.24, 2.45) is 0 Å². The molecule has 3 aromatic rings. The molecule has 0 bridgehead atoms. The highest BCUT2D eigenvalue weighted by atomic mass is 19.4. The van der Waals surface area contributed by atoms with Gasteiger partial charge in [-0.25, -0.2) is 27.6 Å². The molecule has 1 unspecified atom stereocenters. The number of hydrogen-bond acceptors (Lipinski definition) is 8. The van der Waals surface area contributed by atoms with Crippen LogP contribution < -0.4 is 16.0 Å². The van der Waals surface area contributed by atoms with Crippen LogP contribution in [-0.2, 0) is 30.2 Å². The minimum Gasteiger partial charge on any atom is -0.447 e. The molecular formula is C41H48F6N4O8. The van der Waals surface area contributed by atoms with Crippen molar-refractivity contribution < 1.29 is 64.5 Å². The number of nitrogens with one attached hydrogen (secondary N) is 3. The van der Waals surface area contributed by atoms with E-state index in [9.17, 15) is 41.1 Å². The topological polar surface area (TPSA) is 145 Å². The molecule has 3 atom stereocenters. The highest BCUT2D eigenvalue weighted by Gasteiger charge is 2.38. The van der Waals surface area contributed by atoms with Crippen LogP contribution in [-0.4, -0.2) is 91.0 Å². The first-order valence-electron chi connectivity index (χ1n) is 18.7. The van der Waals surface area contributed by atoms with Gasteiger partial charge in [0.05, 0.1) is 25.3 Å². The van der Waals surface area contributed by atoms with Gasteiger partial charge in [0.15, 0.2) is 0 Å². The van der Waals surface area contributed by atoms with Crippen molar-refractivity contribution in [1.29, 1.82) is 0 Å². The van der Waals surface area contributed by atoms with E-state index in [1.807, 2.05) is 0 Å². The quantitative estimate of drug-likeness (QED) is 0.123. The lowest BCUT2D eigenvalue weighted by Crippen LogP contribution is -2.55. The third-order valence-electron chi connectivity index (χ3n) is 8.67. The van der Waals surface area contributed by atoms with E-state index in [0.717, 1.165) is 0 Å². The van der Waals surface area contributed by atoms with E-state index in [1.54, 1.807) is 46.9 Å². The van der Waals surface area contributed by atoms with Crippen molar-refractivity contribution in [2.75, 3.05) is 31.6 Å². The summed E-state index contributed by atoms with van der Waals surface area (Å²) in [6.45, 7) is 7.25. The Labute approximate surface area is 337 Å². The van der Waals surface area contributed by atoms with Crippen LogP contribution in [0.4, 0.5) is 46.4 Å². The van der Waals surface area contributed by atoms with Gasteiger partial charge in [-0.2, -0.15) is 13.2 Å². The maximum absolute atomic E-state index is 15.6. The fourth-order valence-electron chi connectivity index (χ4n) is 6.11. The highest BCUT2D eigenvalue weighted by Crippen LogP contribution is 2.32. The van der Waals surface area contributed by atoms with E-state index in [4.69, 9.17) is 18.9 Å². The second kappa shape index (κ2) is 19.5. The Morgan fingerprint density at radius 1 is 0.814 bits per heavy atom. The van der Waals surface area contributed by atoms with E-state index in [0.29, 0.717) is 11.1 Å². The molecule has 3 N–H and O–H groups in total. The molecule has 322 valence electrons. The van der Waals surface area contributed by atoms with Gasteiger partial charge in [0.1, 0.15) is 47.8 Å². The lowest BCUT2D eigenvalue weighted by Gasteiger charge is -2.39. The van der Waals surface area contributed by atoms with E-state index < -0.39 is 96.3 Å². The average molecular weight is 839 g/mol. The first-order chi connectivity index (χ1) is 27.5. The summed E-state index contributed by atoms with van der Waals surface area (Å²) in [5.41, 5.74) is -1.09. The number of hydrogen-bond donors (Lipinski definition) is 3. The summed E-state index contributed by atoms with van der Waals surface area (Å²) in [6, 6.07) is 11.9. The molecule has 1 fully saturated rings. The number of alkyl halides is 3. The Balaban J connectivity index is 1.58. The number of halogens is 6. The van der Waals surface area contributed by atoms with E-state index in [-0.39, 0.29) is 37.2 Å². The molecule has 0 aromatic heterocycles. The van der Waals surface area contributed by atoms with E-state index >= 15 is 4.39 Å². The fourth-order valence-corrected chi connectivity index (χ4v) is 6.11. The van der Waals surface area contributed by atoms with Crippen LogP contribution in [0.1, 0.15) is 70.6 Å². The lowest BCUT2D eigenvalue weighted by atomic mass is 9.84. The molecule has 1 aliphatic heterocycles. The first-order valence-corrected chi connectivity index (χ1v) is 18.7. The van der Waals surface area contributed by atoms with Gasteiger partial charge >= 0.3 is 24.5 Å². The summed E-state index contributed by atoms with van der Waals surface area (Å²) in [7, 11) is 0. The van der Waals surface area contributed by atoms with Gasteiger partial charge in [-0.3, -0.25) is 9.69 Å². The maximum atomic E-state index is 15.6. The molecule has 1 heterocycles. The zero-order chi connectivity index (χ0) is 43.7. The monoisotopic (exact) mass is 838 g/mol. The Kier molecular flexibility index (Phi) is 15.3. The molecule has 3 aromatic carbocycles. The minimum atomic E-state index is -4.67. The summed E-state index contributed by atoms with van der Waals surface area (Å²) in [4.78, 5) is 53.9. The van der Waals surface area contributed by atoms with Gasteiger partial charge in [-0.15, -0.1) is 0 Å². The molecule has 4 amide bonds. The summed E-state index contributed by atoms with van der Waals surface area (Å²) in [5.74, 6) is -3.69. The molecule has 1 saturated heterocycles. The van der Waals surface area contributed by atoms with Crippen LogP contribution in [0.5, 0.6) is 0 Å². The first kappa shape index (κ1) is 46.2. The van der Waals surface area contributed by atoms with Crippen LogP contribution in [0.25, 0.3) is 0 Å². The largest absolute Gasteiger partial charge is 0.447 e. The molecular weight excluding hydrogens is 790 g/mol. The van der Waals surface area contributed by atoms with Gasteiger partial charge in [0.25, 0.3) is 0 Å². The van der Waals surface area contributed by atoms with Crippen LogP contribution in [0.15, 0.2) is 66.7 Å². The second-order valence-electron chi connectivity index (χ2n) is 15.8. The predicted molar refractivity (Wildman–Crippen MR) is 203 cm³/mol. The SMILES string of the molecule is CC(C)(C)OC(=O)NC(C(=O)Nc1cccc(F)c1CC[C@@H]1CN(C(=O)OC(C)(C)C)[C@H](COC(=O)NCC(F)(F)F)CO1)C(c1ccc(F)cc1)c1ccc(F)cc1. The number of carbonyl (C=O) groups excluding carboxylic acids is 4. The lowest BCUT2D eigenvalue weighted by molar-refractivity contribution is -0.124. The number of morpholine rings is 1. The average Bonchev–Trinajstić information content (AvgIpc) is 3.12. The van der Waals surface area contributed by atoms with Crippen LogP contribution in [0.2, 0.25) is 0 Å². The van der Waals surface area contributed by atoms with Gasteiger partial charge in [0, 0.05) is 17.2 Å². The van der Waals surface area contributed by atoms with Crippen molar-refractivity contribution in [3.05, 3.63) is 101 Å². The molecule has 0 radical (unpaired) electrons. The molecule has 18 heteroatoms. The zero-order valence-corrected chi connectivity index (χ0v) is 33.4. The maximum Gasteiger partial charge on any atom is 0.410 e. The molecule has 0 aliphatic carbocycles. The molecule has 4 rings (SSSR count). The summed E-state index contributed by atoms with van der Waals surface area (Å²) in [6.07, 6.45) is -8.53. The predicted octanol–water partition coefficient (Wildman–Crippen LogP) is 7.99. The summed E-state index contributed by atoms with van der Waals surface area (Å²) < 4.78 is 103. The van der Waals surface area contributed by atoms with Crippen LogP contribution in [0.3, 0.4) is 0 Å². The standard InChI is InChI=1S/C41H48F6N4O8/c1-39(2,3)58-37(54)50-34(33(24-10-14-26(42)15-11-24)25-12-16-27(43)17-13-25)35(52)49-32-9-7-8-31(44)30(32)19-18-29-20-51(38(55)59-40(4,5)6)28(21-56-29)22-57-36(53)48-23-41(45,46)47/h7-17,28-29,33-34H,18-23H2,1-6H3,(H,48,53)(H,49,52)(H,50,54)/t28-,29+,34?/m0/s1. The minimum absolute atomic E-state index is 0.0268. The smallest absolute Gasteiger partial charge is 0.410 e.